The number of carboxylic acids is 2. The molecule has 0 aromatic heterocycles. The van der Waals surface area contributed by atoms with E-state index in [2.05, 4.69) is 58.9 Å². The number of para-hydroxylation sites is 1. The number of rotatable bonds is 3. The maximum atomic E-state index is 9.10. The fourth-order valence-corrected chi connectivity index (χ4v) is 3.75. The first kappa shape index (κ1) is 21.2. The Kier molecular flexibility index (Phi) is 8.06. The molecule has 2 N–H and O–H groups in total. The Morgan fingerprint density at radius 1 is 0.889 bits per heavy atom. The van der Waals surface area contributed by atoms with E-state index in [9.17, 15) is 0 Å². The topological polar surface area (TPSA) is 84.3 Å². The number of nitrogens with zero attached hydrogens (tertiary/aromatic N) is 3. The summed E-state index contributed by atoms with van der Waals surface area (Å²) in [6.07, 6.45) is 2.70. The second-order valence-electron chi connectivity index (χ2n) is 7.33. The second-order valence-corrected chi connectivity index (χ2v) is 7.33. The van der Waals surface area contributed by atoms with Crippen molar-refractivity contribution >= 4 is 17.6 Å². The third-order valence-electron chi connectivity index (χ3n) is 5.36. The molecule has 1 aromatic rings. The Labute approximate surface area is 161 Å². The minimum Gasteiger partial charge on any atom is -0.473 e. The molecule has 0 bridgehead atoms. The summed E-state index contributed by atoms with van der Waals surface area (Å²) in [4.78, 5) is 26.1. The molecule has 2 aliphatic rings. The third-order valence-corrected chi connectivity index (χ3v) is 5.36. The van der Waals surface area contributed by atoms with Crippen molar-refractivity contribution < 1.29 is 19.8 Å². The molecular formula is C20H31N3O4. The van der Waals surface area contributed by atoms with Gasteiger partial charge in [0.15, 0.2) is 0 Å². The number of carbonyl (C=O) groups is 2. The van der Waals surface area contributed by atoms with Gasteiger partial charge in [0, 0.05) is 44.0 Å². The van der Waals surface area contributed by atoms with E-state index >= 15 is 0 Å². The number of hydrogen-bond acceptors (Lipinski definition) is 5. The summed E-state index contributed by atoms with van der Waals surface area (Å²) in [6, 6.07) is 12.4. The van der Waals surface area contributed by atoms with Gasteiger partial charge in [0.1, 0.15) is 0 Å². The Morgan fingerprint density at radius 3 is 1.85 bits per heavy atom. The SMILES string of the molecule is CC(C)N1CCC(N2CCN(c3ccccc3)CC2)CC1.O=C(O)C(=O)O. The van der Waals surface area contributed by atoms with Crippen LogP contribution in [0.1, 0.15) is 26.7 Å². The lowest BCUT2D eigenvalue weighted by Gasteiger charge is -2.44. The highest BCUT2D eigenvalue weighted by atomic mass is 16.4. The first-order valence-electron chi connectivity index (χ1n) is 9.62. The van der Waals surface area contributed by atoms with Crippen LogP contribution in [0.4, 0.5) is 5.69 Å². The van der Waals surface area contributed by atoms with Crippen LogP contribution in [0.15, 0.2) is 30.3 Å². The molecule has 2 aliphatic heterocycles. The van der Waals surface area contributed by atoms with Crippen LogP contribution >= 0.6 is 0 Å². The maximum absolute atomic E-state index is 9.10. The summed E-state index contributed by atoms with van der Waals surface area (Å²) in [5.41, 5.74) is 1.38. The molecule has 2 heterocycles. The predicted molar refractivity (Wildman–Crippen MR) is 105 cm³/mol. The van der Waals surface area contributed by atoms with Crippen LogP contribution in [-0.2, 0) is 9.59 Å². The van der Waals surface area contributed by atoms with Gasteiger partial charge in [-0.3, -0.25) is 4.90 Å². The van der Waals surface area contributed by atoms with Crippen molar-refractivity contribution in [1.82, 2.24) is 9.80 Å². The number of carboxylic acid groups (broad SMARTS) is 2. The van der Waals surface area contributed by atoms with E-state index < -0.39 is 11.9 Å². The number of aliphatic carboxylic acids is 2. The summed E-state index contributed by atoms with van der Waals surface area (Å²) in [7, 11) is 0. The fourth-order valence-electron chi connectivity index (χ4n) is 3.75. The summed E-state index contributed by atoms with van der Waals surface area (Å²) in [5, 5.41) is 14.8. The molecule has 0 amide bonds. The normalized spacial score (nSPS) is 19.4. The van der Waals surface area contributed by atoms with Gasteiger partial charge in [0.05, 0.1) is 0 Å². The lowest BCUT2D eigenvalue weighted by Crippen LogP contribution is -2.53. The average molecular weight is 377 g/mol. The van der Waals surface area contributed by atoms with Crippen LogP contribution in [0, 0.1) is 0 Å². The van der Waals surface area contributed by atoms with Crippen LogP contribution in [0.25, 0.3) is 0 Å². The summed E-state index contributed by atoms with van der Waals surface area (Å²) >= 11 is 0. The monoisotopic (exact) mass is 377 g/mol. The molecule has 7 heteroatoms. The molecule has 3 rings (SSSR count). The minimum absolute atomic E-state index is 0.709. The highest BCUT2D eigenvalue weighted by Gasteiger charge is 2.28. The molecule has 27 heavy (non-hydrogen) atoms. The molecule has 0 aliphatic carbocycles. The molecule has 150 valence electrons. The third kappa shape index (κ3) is 6.52. The van der Waals surface area contributed by atoms with Gasteiger partial charge in [-0.2, -0.15) is 0 Å². The van der Waals surface area contributed by atoms with E-state index in [1.165, 1.54) is 57.8 Å². The molecule has 0 spiro atoms. The number of likely N-dealkylation sites (tertiary alicyclic amines) is 1. The lowest BCUT2D eigenvalue weighted by molar-refractivity contribution is -0.159. The summed E-state index contributed by atoms with van der Waals surface area (Å²) < 4.78 is 0. The highest BCUT2D eigenvalue weighted by Crippen LogP contribution is 2.22. The zero-order valence-electron chi connectivity index (χ0n) is 16.3. The van der Waals surface area contributed by atoms with E-state index in [0.29, 0.717) is 6.04 Å². The van der Waals surface area contributed by atoms with Gasteiger partial charge in [-0.15, -0.1) is 0 Å². The first-order valence-corrected chi connectivity index (χ1v) is 9.62. The lowest BCUT2D eigenvalue weighted by atomic mass is 10.0. The van der Waals surface area contributed by atoms with Crippen LogP contribution in [-0.4, -0.2) is 83.3 Å². The molecular weight excluding hydrogens is 346 g/mol. The zero-order chi connectivity index (χ0) is 19.8. The van der Waals surface area contributed by atoms with Gasteiger partial charge in [-0.25, -0.2) is 9.59 Å². The van der Waals surface area contributed by atoms with Crippen LogP contribution in [0.2, 0.25) is 0 Å². The Morgan fingerprint density at radius 2 is 1.41 bits per heavy atom. The van der Waals surface area contributed by atoms with Crippen LogP contribution in [0.5, 0.6) is 0 Å². The number of piperidine rings is 1. The first-order chi connectivity index (χ1) is 12.9. The summed E-state index contributed by atoms with van der Waals surface area (Å²) in [5.74, 6) is -3.65. The molecule has 2 fully saturated rings. The quantitative estimate of drug-likeness (QED) is 0.778. The number of anilines is 1. The van der Waals surface area contributed by atoms with Gasteiger partial charge in [-0.05, 0) is 51.9 Å². The molecule has 0 saturated carbocycles. The summed E-state index contributed by atoms with van der Waals surface area (Å²) in [6.45, 7) is 12.0. The van der Waals surface area contributed by atoms with Crippen molar-refractivity contribution in [2.75, 3.05) is 44.2 Å². The Hall–Kier alpha value is -2.12. The molecule has 7 nitrogen and oxygen atoms in total. The van der Waals surface area contributed by atoms with Crippen molar-refractivity contribution in [1.29, 1.82) is 0 Å². The van der Waals surface area contributed by atoms with Crippen LogP contribution in [0.3, 0.4) is 0 Å². The van der Waals surface area contributed by atoms with Gasteiger partial charge in [0.25, 0.3) is 0 Å². The van der Waals surface area contributed by atoms with E-state index in [1.54, 1.807) is 0 Å². The largest absolute Gasteiger partial charge is 0.473 e. The molecule has 0 unspecified atom stereocenters. The van der Waals surface area contributed by atoms with E-state index in [-0.39, 0.29) is 0 Å². The molecule has 0 radical (unpaired) electrons. The molecule has 1 aromatic carbocycles. The number of piperazine rings is 1. The van der Waals surface area contributed by atoms with E-state index in [4.69, 9.17) is 19.8 Å². The fraction of sp³-hybridized carbons (Fsp3) is 0.600. The van der Waals surface area contributed by atoms with Crippen molar-refractivity contribution in [2.24, 2.45) is 0 Å². The van der Waals surface area contributed by atoms with Gasteiger partial charge in [-0.1, -0.05) is 18.2 Å². The second kappa shape index (κ2) is 10.3. The van der Waals surface area contributed by atoms with Crippen molar-refractivity contribution in [3.8, 4) is 0 Å². The zero-order valence-corrected chi connectivity index (χ0v) is 16.3. The van der Waals surface area contributed by atoms with E-state index in [1.807, 2.05) is 0 Å². The minimum atomic E-state index is -1.82. The van der Waals surface area contributed by atoms with Crippen LogP contribution < -0.4 is 4.90 Å². The standard InChI is InChI=1S/C18H29N3.C2H2O4/c1-16(2)19-10-8-18(9-11-19)21-14-12-20(13-15-21)17-6-4-3-5-7-17;3-1(4)2(5)6/h3-7,16,18H,8-15H2,1-2H3;(H,3,4)(H,5,6). The van der Waals surface area contributed by atoms with E-state index in [0.717, 1.165) is 6.04 Å². The highest BCUT2D eigenvalue weighted by molar-refractivity contribution is 6.27. The van der Waals surface area contributed by atoms with Gasteiger partial charge < -0.3 is 20.0 Å². The Bertz CT molecular complexity index is 581. The Balaban J connectivity index is 0.000000380. The smallest absolute Gasteiger partial charge is 0.414 e. The number of benzene rings is 1. The maximum Gasteiger partial charge on any atom is 0.414 e. The molecule has 0 atom stereocenters. The predicted octanol–water partition coefficient (Wildman–Crippen LogP) is 1.84. The van der Waals surface area contributed by atoms with Crippen molar-refractivity contribution in [3.63, 3.8) is 0 Å². The van der Waals surface area contributed by atoms with Crippen molar-refractivity contribution in [2.45, 2.75) is 38.8 Å². The molecule has 2 saturated heterocycles. The average Bonchev–Trinajstić information content (AvgIpc) is 2.69. The van der Waals surface area contributed by atoms with Gasteiger partial charge in [0.2, 0.25) is 0 Å². The number of hydrogen-bond donors (Lipinski definition) is 2. The van der Waals surface area contributed by atoms with Crippen molar-refractivity contribution in [3.05, 3.63) is 30.3 Å². The van der Waals surface area contributed by atoms with Gasteiger partial charge >= 0.3 is 11.9 Å².